The van der Waals surface area contributed by atoms with Gasteiger partial charge in [0, 0.05) is 7.05 Å². The van der Waals surface area contributed by atoms with Crippen molar-refractivity contribution in [3.05, 3.63) is 16.6 Å². The lowest BCUT2D eigenvalue weighted by molar-refractivity contribution is 0.319. The molecule has 0 N–H and O–H groups in total. The predicted molar refractivity (Wildman–Crippen MR) is 68.2 cm³/mol. The third-order valence-corrected chi connectivity index (χ3v) is 3.48. The number of aryl methyl sites for hydroxylation is 1. The maximum Gasteiger partial charge on any atom is 0.280 e. The summed E-state index contributed by atoms with van der Waals surface area (Å²) in [7, 11) is 1.73. The van der Waals surface area contributed by atoms with Crippen LogP contribution >= 0.6 is 12.6 Å². The summed E-state index contributed by atoms with van der Waals surface area (Å²) in [6.45, 7) is 4.55. The van der Waals surface area contributed by atoms with E-state index in [2.05, 4.69) is 28.0 Å². The molecule has 92 valence electrons. The SMILES string of the molecule is Cn1ncc2c(=O)n(CC(C)(C)CS)nnc21. The summed E-state index contributed by atoms with van der Waals surface area (Å²) in [4.78, 5) is 12.1. The van der Waals surface area contributed by atoms with Crippen molar-refractivity contribution in [1.82, 2.24) is 24.8 Å². The van der Waals surface area contributed by atoms with Gasteiger partial charge in [-0.2, -0.15) is 17.7 Å². The summed E-state index contributed by atoms with van der Waals surface area (Å²) in [5.41, 5.74) is 0.255. The molecule has 2 aromatic rings. The Bertz CT molecular complexity index is 600. The van der Waals surface area contributed by atoms with E-state index in [0.29, 0.717) is 23.3 Å². The van der Waals surface area contributed by atoms with E-state index in [4.69, 9.17) is 0 Å². The molecule has 0 aliphatic rings. The number of hydrogen-bond donors (Lipinski definition) is 1. The number of nitrogens with zero attached hydrogens (tertiary/aromatic N) is 5. The fourth-order valence-electron chi connectivity index (χ4n) is 1.54. The van der Waals surface area contributed by atoms with Gasteiger partial charge in [-0.15, -0.1) is 5.10 Å². The van der Waals surface area contributed by atoms with Gasteiger partial charge in [0.1, 0.15) is 5.39 Å². The first-order chi connectivity index (χ1) is 7.94. The lowest BCUT2D eigenvalue weighted by Gasteiger charge is -2.21. The van der Waals surface area contributed by atoms with E-state index < -0.39 is 0 Å². The first-order valence-corrected chi connectivity index (χ1v) is 5.94. The van der Waals surface area contributed by atoms with Crippen molar-refractivity contribution in [3.8, 4) is 0 Å². The highest BCUT2D eigenvalue weighted by molar-refractivity contribution is 7.80. The Balaban J connectivity index is 2.50. The molecule has 7 heteroatoms. The van der Waals surface area contributed by atoms with Crippen LogP contribution in [0.2, 0.25) is 0 Å². The molecule has 6 nitrogen and oxygen atoms in total. The molecular formula is C10H15N5OS. The molecule has 0 amide bonds. The van der Waals surface area contributed by atoms with Crippen molar-refractivity contribution in [2.45, 2.75) is 20.4 Å². The van der Waals surface area contributed by atoms with Gasteiger partial charge in [-0.1, -0.05) is 19.1 Å². The average Bonchev–Trinajstić information content (AvgIpc) is 2.65. The number of hydrogen-bond acceptors (Lipinski definition) is 5. The zero-order valence-corrected chi connectivity index (χ0v) is 11.0. The predicted octanol–water partition coefficient (Wildman–Crippen LogP) is 0.481. The Hall–Kier alpha value is -1.37. The molecule has 0 aliphatic heterocycles. The minimum Gasteiger partial charge on any atom is -0.267 e. The van der Waals surface area contributed by atoms with Crippen LogP contribution < -0.4 is 5.56 Å². The Morgan fingerprint density at radius 1 is 1.47 bits per heavy atom. The number of thiol groups is 1. The second-order valence-corrected chi connectivity index (χ2v) is 5.20. The molecular weight excluding hydrogens is 238 g/mol. The van der Waals surface area contributed by atoms with Gasteiger partial charge in [0.25, 0.3) is 5.56 Å². The monoisotopic (exact) mass is 253 g/mol. The standard InChI is InChI=1S/C10H15N5OS/c1-10(2,6-17)5-15-9(16)7-4-11-14(3)8(7)12-13-15/h4,17H,5-6H2,1-3H3. The van der Waals surface area contributed by atoms with Crippen LogP contribution in [0, 0.1) is 5.41 Å². The molecule has 17 heavy (non-hydrogen) atoms. The first kappa shape index (κ1) is 12.1. The molecule has 2 rings (SSSR count). The summed E-state index contributed by atoms with van der Waals surface area (Å²) < 4.78 is 2.91. The first-order valence-electron chi connectivity index (χ1n) is 5.31. The maximum absolute atomic E-state index is 12.1. The molecule has 0 spiro atoms. The van der Waals surface area contributed by atoms with Gasteiger partial charge < -0.3 is 0 Å². The Morgan fingerprint density at radius 2 is 2.18 bits per heavy atom. The van der Waals surface area contributed by atoms with Crippen LogP contribution in [0.3, 0.4) is 0 Å². The Kier molecular flexibility index (Phi) is 2.94. The van der Waals surface area contributed by atoms with Crippen LogP contribution in [0.15, 0.2) is 11.0 Å². The zero-order valence-electron chi connectivity index (χ0n) is 10.1. The number of aromatic nitrogens is 5. The van der Waals surface area contributed by atoms with Crippen LogP contribution in [-0.4, -0.2) is 30.5 Å². The van der Waals surface area contributed by atoms with Gasteiger partial charge in [0.15, 0.2) is 5.65 Å². The van der Waals surface area contributed by atoms with Crippen molar-refractivity contribution in [3.63, 3.8) is 0 Å². The van der Waals surface area contributed by atoms with Crippen LogP contribution in [0.5, 0.6) is 0 Å². The summed E-state index contributed by atoms with van der Waals surface area (Å²) in [6, 6.07) is 0. The third-order valence-electron chi connectivity index (χ3n) is 2.63. The molecule has 0 saturated carbocycles. The fraction of sp³-hybridized carbons (Fsp3) is 0.600. The highest BCUT2D eigenvalue weighted by atomic mass is 32.1. The molecule has 0 atom stereocenters. The lowest BCUT2D eigenvalue weighted by Crippen LogP contribution is -2.32. The molecule has 0 saturated heterocycles. The van der Waals surface area contributed by atoms with Crippen LogP contribution in [0.4, 0.5) is 0 Å². The van der Waals surface area contributed by atoms with Gasteiger partial charge >= 0.3 is 0 Å². The maximum atomic E-state index is 12.1. The summed E-state index contributed by atoms with van der Waals surface area (Å²) in [5, 5.41) is 12.4. The molecule has 2 aromatic heterocycles. The molecule has 0 bridgehead atoms. The molecule has 2 heterocycles. The van der Waals surface area contributed by atoms with Crippen molar-refractivity contribution in [2.24, 2.45) is 12.5 Å². The van der Waals surface area contributed by atoms with E-state index in [1.807, 2.05) is 13.8 Å². The Labute approximate surface area is 104 Å². The van der Waals surface area contributed by atoms with E-state index in [-0.39, 0.29) is 11.0 Å². The van der Waals surface area contributed by atoms with E-state index in [0.717, 1.165) is 0 Å². The van der Waals surface area contributed by atoms with Gasteiger partial charge in [0.2, 0.25) is 0 Å². The minimum absolute atomic E-state index is 0.0997. The normalized spacial score (nSPS) is 12.2. The molecule has 0 unspecified atom stereocenters. The smallest absolute Gasteiger partial charge is 0.267 e. The number of fused-ring (bicyclic) bond motifs is 1. The van der Waals surface area contributed by atoms with E-state index in [1.54, 1.807) is 7.05 Å². The molecule has 0 radical (unpaired) electrons. The van der Waals surface area contributed by atoms with Crippen molar-refractivity contribution >= 4 is 23.7 Å². The summed E-state index contributed by atoms with van der Waals surface area (Å²) in [6.07, 6.45) is 1.52. The highest BCUT2D eigenvalue weighted by Crippen LogP contribution is 2.18. The molecule has 0 fully saturated rings. The second kappa shape index (κ2) is 4.14. The van der Waals surface area contributed by atoms with Crippen molar-refractivity contribution in [1.29, 1.82) is 0 Å². The Morgan fingerprint density at radius 3 is 2.82 bits per heavy atom. The third kappa shape index (κ3) is 2.19. The fourth-order valence-corrected chi connectivity index (χ4v) is 1.64. The summed E-state index contributed by atoms with van der Waals surface area (Å²) >= 11 is 4.26. The van der Waals surface area contributed by atoms with E-state index in [1.165, 1.54) is 15.6 Å². The van der Waals surface area contributed by atoms with Crippen LogP contribution in [0.1, 0.15) is 13.8 Å². The molecule has 0 aliphatic carbocycles. The highest BCUT2D eigenvalue weighted by Gasteiger charge is 2.19. The van der Waals surface area contributed by atoms with Crippen LogP contribution in [0.25, 0.3) is 11.0 Å². The molecule has 0 aromatic carbocycles. The lowest BCUT2D eigenvalue weighted by atomic mass is 9.97. The van der Waals surface area contributed by atoms with Crippen molar-refractivity contribution < 1.29 is 0 Å². The number of rotatable bonds is 3. The van der Waals surface area contributed by atoms with E-state index >= 15 is 0 Å². The van der Waals surface area contributed by atoms with Gasteiger partial charge in [0.05, 0.1) is 12.7 Å². The average molecular weight is 253 g/mol. The summed E-state index contributed by atoms with van der Waals surface area (Å²) in [5.74, 6) is 0.673. The topological polar surface area (TPSA) is 65.6 Å². The van der Waals surface area contributed by atoms with Crippen molar-refractivity contribution in [2.75, 3.05) is 5.75 Å². The largest absolute Gasteiger partial charge is 0.280 e. The van der Waals surface area contributed by atoms with Gasteiger partial charge in [-0.25, -0.2) is 9.36 Å². The van der Waals surface area contributed by atoms with Gasteiger partial charge in [-0.05, 0) is 11.2 Å². The zero-order chi connectivity index (χ0) is 12.6. The van der Waals surface area contributed by atoms with Gasteiger partial charge in [-0.3, -0.25) is 4.79 Å². The van der Waals surface area contributed by atoms with E-state index in [9.17, 15) is 4.79 Å². The minimum atomic E-state index is -0.155. The van der Waals surface area contributed by atoms with Crippen LogP contribution in [-0.2, 0) is 13.6 Å². The quantitative estimate of drug-likeness (QED) is 0.808. The second-order valence-electron chi connectivity index (χ2n) is 4.88.